The maximum atomic E-state index is 13.1. The van der Waals surface area contributed by atoms with Gasteiger partial charge in [0.15, 0.2) is 15.8 Å². The average molecular weight is 328 g/mol. The quantitative estimate of drug-likeness (QED) is 0.847. The number of sulfonamides is 1. The van der Waals surface area contributed by atoms with Crippen molar-refractivity contribution in [2.75, 3.05) is 18.9 Å². The minimum Gasteiger partial charge on any atom is -0.371 e. The SMILES string of the molecule is CCCCN(C1CC1)S(=O)(=O)c1c(NC)nc2sccn12. The fraction of sp³-hybridized carbons (Fsp3) is 0.615. The molecular formula is C13H20N4O2S2. The first-order chi connectivity index (χ1) is 10.1. The van der Waals surface area contributed by atoms with Crippen molar-refractivity contribution in [1.29, 1.82) is 0 Å². The molecule has 0 amide bonds. The van der Waals surface area contributed by atoms with Gasteiger partial charge in [-0.05, 0) is 19.3 Å². The second-order valence-corrected chi connectivity index (χ2v) is 7.95. The fourth-order valence-corrected chi connectivity index (χ4v) is 5.22. The van der Waals surface area contributed by atoms with Crippen LogP contribution in [0.1, 0.15) is 32.6 Å². The molecule has 0 aromatic carbocycles. The van der Waals surface area contributed by atoms with E-state index < -0.39 is 10.0 Å². The highest BCUT2D eigenvalue weighted by Gasteiger charge is 2.40. The number of anilines is 1. The summed E-state index contributed by atoms with van der Waals surface area (Å²) in [6.45, 7) is 2.66. The van der Waals surface area contributed by atoms with Crippen LogP contribution in [0, 0.1) is 0 Å². The van der Waals surface area contributed by atoms with Gasteiger partial charge in [-0.3, -0.25) is 4.40 Å². The summed E-state index contributed by atoms with van der Waals surface area (Å²) in [6, 6.07) is 0.162. The van der Waals surface area contributed by atoms with E-state index in [4.69, 9.17) is 0 Å². The molecule has 8 heteroatoms. The average Bonchev–Trinajstić information content (AvgIpc) is 3.06. The summed E-state index contributed by atoms with van der Waals surface area (Å²) < 4.78 is 29.5. The summed E-state index contributed by atoms with van der Waals surface area (Å²) in [5.74, 6) is 0.434. The number of hydrogen-bond donors (Lipinski definition) is 1. The van der Waals surface area contributed by atoms with E-state index in [2.05, 4.69) is 17.2 Å². The van der Waals surface area contributed by atoms with E-state index in [0.29, 0.717) is 17.3 Å². The van der Waals surface area contributed by atoms with Crippen molar-refractivity contribution in [3.63, 3.8) is 0 Å². The third-order valence-corrected chi connectivity index (χ3v) is 6.43. The molecular weight excluding hydrogens is 308 g/mol. The number of rotatable bonds is 7. The predicted octanol–water partition coefficient (Wildman–Crippen LogP) is 2.39. The van der Waals surface area contributed by atoms with Crippen LogP contribution >= 0.6 is 11.3 Å². The Hall–Kier alpha value is -1.12. The molecule has 6 nitrogen and oxygen atoms in total. The highest BCUT2D eigenvalue weighted by molar-refractivity contribution is 7.89. The van der Waals surface area contributed by atoms with Gasteiger partial charge in [0.05, 0.1) is 0 Å². The molecule has 1 saturated carbocycles. The van der Waals surface area contributed by atoms with Crippen LogP contribution in [0.5, 0.6) is 0 Å². The number of thiazole rings is 1. The lowest BCUT2D eigenvalue weighted by atomic mass is 10.3. The molecule has 2 heterocycles. The molecule has 0 aliphatic heterocycles. The lowest BCUT2D eigenvalue weighted by molar-refractivity contribution is 0.394. The van der Waals surface area contributed by atoms with E-state index in [1.165, 1.54) is 11.3 Å². The van der Waals surface area contributed by atoms with Crippen molar-refractivity contribution in [2.45, 2.75) is 43.7 Å². The van der Waals surface area contributed by atoms with Gasteiger partial charge in [0.1, 0.15) is 0 Å². The molecule has 0 saturated heterocycles. The van der Waals surface area contributed by atoms with E-state index >= 15 is 0 Å². The van der Waals surface area contributed by atoms with E-state index in [-0.39, 0.29) is 11.1 Å². The van der Waals surface area contributed by atoms with Gasteiger partial charge in [-0.2, -0.15) is 4.31 Å². The molecule has 0 spiro atoms. The zero-order valence-corrected chi connectivity index (χ0v) is 13.9. The first kappa shape index (κ1) is 14.8. The van der Waals surface area contributed by atoms with Gasteiger partial charge in [-0.25, -0.2) is 13.4 Å². The summed E-state index contributed by atoms with van der Waals surface area (Å²) in [6.07, 6.45) is 5.56. The molecule has 0 atom stereocenters. The Balaban J connectivity index is 2.07. The maximum Gasteiger partial charge on any atom is 0.263 e. The standard InChI is InChI=1S/C13H20N4O2S2/c1-3-4-7-17(10-5-6-10)21(18,19)12-11(14-2)15-13-16(12)8-9-20-13/h8-10,14H,3-7H2,1-2H3. The minimum absolute atomic E-state index is 0.162. The zero-order chi connectivity index (χ0) is 15.0. The Kier molecular flexibility index (Phi) is 3.94. The molecule has 2 aromatic rings. The molecule has 116 valence electrons. The van der Waals surface area contributed by atoms with Crippen LogP contribution in [0.4, 0.5) is 5.82 Å². The number of aromatic nitrogens is 2. The van der Waals surface area contributed by atoms with Gasteiger partial charge in [0, 0.05) is 31.2 Å². The summed E-state index contributed by atoms with van der Waals surface area (Å²) in [4.78, 5) is 5.06. The molecule has 21 heavy (non-hydrogen) atoms. The van der Waals surface area contributed by atoms with Crippen LogP contribution in [0.3, 0.4) is 0 Å². The van der Waals surface area contributed by atoms with Crippen LogP contribution in [-0.2, 0) is 10.0 Å². The summed E-state index contributed by atoms with van der Waals surface area (Å²) in [5, 5.41) is 5.04. The van der Waals surface area contributed by atoms with Gasteiger partial charge in [-0.1, -0.05) is 13.3 Å². The van der Waals surface area contributed by atoms with Crippen molar-refractivity contribution < 1.29 is 8.42 Å². The van der Waals surface area contributed by atoms with E-state index in [9.17, 15) is 8.42 Å². The lowest BCUT2D eigenvalue weighted by Gasteiger charge is -2.21. The van der Waals surface area contributed by atoms with Crippen molar-refractivity contribution in [3.05, 3.63) is 11.6 Å². The van der Waals surface area contributed by atoms with Crippen molar-refractivity contribution in [3.8, 4) is 0 Å². The van der Waals surface area contributed by atoms with Gasteiger partial charge in [0.25, 0.3) is 10.0 Å². The van der Waals surface area contributed by atoms with Gasteiger partial charge in [0.2, 0.25) is 0 Å². The van der Waals surface area contributed by atoms with Crippen molar-refractivity contribution >= 4 is 32.1 Å². The molecule has 0 radical (unpaired) electrons. The smallest absolute Gasteiger partial charge is 0.263 e. The van der Waals surface area contributed by atoms with Crippen molar-refractivity contribution in [2.24, 2.45) is 0 Å². The van der Waals surface area contributed by atoms with Gasteiger partial charge < -0.3 is 5.32 Å². The van der Waals surface area contributed by atoms with E-state index in [1.54, 1.807) is 22.0 Å². The van der Waals surface area contributed by atoms with E-state index in [1.807, 2.05) is 5.38 Å². The number of hydrogen-bond acceptors (Lipinski definition) is 5. The second-order valence-electron chi connectivity index (χ2n) is 5.27. The number of imidazole rings is 1. The zero-order valence-electron chi connectivity index (χ0n) is 12.2. The number of unbranched alkanes of at least 4 members (excludes halogenated alkanes) is 1. The molecule has 0 unspecified atom stereocenters. The number of fused-ring (bicyclic) bond motifs is 1. The lowest BCUT2D eigenvalue weighted by Crippen LogP contribution is -2.35. The molecule has 1 aliphatic rings. The number of nitrogens with one attached hydrogen (secondary N) is 1. The Labute approximate surface area is 128 Å². The largest absolute Gasteiger partial charge is 0.371 e. The van der Waals surface area contributed by atoms with Crippen LogP contribution in [0.15, 0.2) is 16.6 Å². The monoisotopic (exact) mass is 328 g/mol. The van der Waals surface area contributed by atoms with Crippen LogP contribution < -0.4 is 5.32 Å². The summed E-state index contributed by atoms with van der Waals surface area (Å²) >= 11 is 1.44. The molecule has 2 aromatic heterocycles. The molecule has 1 N–H and O–H groups in total. The Bertz CT molecular complexity index is 731. The van der Waals surface area contributed by atoms with E-state index in [0.717, 1.165) is 25.7 Å². The van der Waals surface area contributed by atoms with Gasteiger partial charge >= 0.3 is 0 Å². The van der Waals surface area contributed by atoms with Gasteiger partial charge in [-0.15, -0.1) is 11.3 Å². The Morgan fingerprint density at radius 3 is 2.90 bits per heavy atom. The Morgan fingerprint density at radius 1 is 1.52 bits per heavy atom. The predicted molar refractivity (Wildman–Crippen MR) is 84.4 cm³/mol. The van der Waals surface area contributed by atoms with Crippen LogP contribution in [0.2, 0.25) is 0 Å². The third-order valence-electron chi connectivity index (χ3n) is 3.69. The van der Waals surface area contributed by atoms with Crippen molar-refractivity contribution in [1.82, 2.24) is 13.7 Å². The number of nitrogens with zero attached hydrogens (tertiary/aromatic N) is 3. The van der Waals surface area contributed by atoms with Crippen LogP contribution in [0.25, 0.3) is 4.96 Å². The fourth-order valence-electron chi connectivity index (χ4n) is 2.46. The first-order valence-corrected chi connectivity index (χ1v) is 9.56. The minimum atomic E-state index is -3.53. The second kappa shape index (κ2) is 5.58. The molecule has 1 aliphatic carbocycles. The summed E-state index contributed by atoms with van der Waals surface area (Å²) in [5.41, 5.74) is 0. The van der Waals surface area contributed by atoms with Crippen LogP contribution in [-0.4, -0.2) is 41.7 Å². The topological polar surface area (TPSA) is 66.7 Å². The third kappa shape index (κ3) is 2.56. The first-order valence-electron chi connectivity index (χ1n) is 7.24. The molecule has 0 bridgehead atoms. The maximum absolute atomic E-state index is 13.1. The highest BCUT2D eigenvalue weighted by atomic mass is 32.2. The molecule has 1 fully saturated rings. The molecule has 3 rings (SSSR count). The Morgan fingerprint density at radius 2 is 2.29 bits per heavy atom. The highest BCUT2D eigenvalue weighted by Crippen LogP contribution is 2.35. The summed E-state index contributed by atoms with van der Waals surface area (Å²) in [7, 11) is -1.82. The normalized spacial score (nSPS) is 16.0.